The number of aromatic nitrogens is 4. The van der Waals surface area contributed by atoms with E-state index in [0.29, 0.717) is 17.0 Å². The Labute approximate surface area is 192 Å². The molecule has 9 heteroatoms. The van der Waals surface area contributed by atoms with Crippen LogP contribution in [0.3, 0.4) is 0 Å². The van der Waals surface area contributed by atoms with Crippen LogP contribution in [-0.4, -0.2) is 61.3 Å². The topological polar surface area (TPSA) is 110 Å². The SMILES string of the molecule is CC(C)(C)c1ccccc1OC[C@@H](O)Cn1nnc(CCN2C(=O)c3ccccc3C2=O)n1. The molecule has 0 spiro atoms. The van der Waals surface area contributed by atoms with E-state index in [1.807, 2.05) is 24.3 Å². The van der Waals surface area contributed by atoms with E-state index in [-0.39, 0.29) is 43.3 Å². The van der Waals surface area contributed by atoms with Gasteiger partial charge in [-0.25, -0.2) is 0 Å². The lowest BCUT2D eigenvalue weighted by Gasteiger charge is -2.23. The fourth-order valence-electron chi connectivity index (χ4n) is 3.75. The number of aliphatic hydroxyl groups excluding tert-OH is 1. The molecule has 4 rings (SSSR count). The fourth-order valence-corrected chi connectivity index (χ4v) is 3.75. The summed E-state index contributed by atoms with van der Waals surface area (Å²) in [5.74, 6) is 0.493. The van der Waals surface area contributed by atoms with E-state index < -0.39 is 6.10 Å². The van der Waals surface area contributed by atoms with Gasteiger partial charge < -0.3 is 9.84 Å². The van der Waals surface area contributed by atoms with Gasteiger partial charge >= 0.3 is 0 Å². The third-order valence-electron chi connectivity index (χ3n) is 5.43. The van der Waals surface area contributed by atoms with E-state index in [1.54, 1.807) is 24.3 Å². The van der Waals surface area contributed by atoms with Crippen LogP contribution < -0.4 is 4.74 Å². The second kappa shape index (κ2) is 9.11. The van der Waals surface area contributed by atoms with Crippen molar-refractivity contribution in [3.05, 3.63) is 71.0 Å². The zero-order chi connectivity index (χ0) is 23.6. The lowest BCUT2D eigenvalue weighted by Crippen LogP contribution is -2.32. The van der Waals surface area contributed by atoms with Gasteiger partial charge in [-0.15, -0.1) is 10.2 Å². The highest BCUT2D eigenvalue weighted by Gasteiger charge is 2.34. The highest BCUT2D eigenvalue weighted by atomic mass is 16.5. The minimum absolute atomic E-state index is 0.0800. The zero-order valence-electron chi connectivity index (χ0n) is 18.9. The summed E-state index contributed by atoms with van der Waals surface area (Å²) >= 11 is 0. The second-order valence-corrected chi connectivity index (χ2v) is 9.03. The number of amides is 2. The molecule has 2 amide bonds. The first-order valence-corrected chi connectivity index (χ1v) is 10.9. The number of para-hydroxylation sites is 1. The molecule has 1 aromatic heterocycles. The van der Waals surface area contributed by atoms with Crippen LogP contribution in [0.25, 0.3) is 0 Å². The highest BCUT2D eigenvalue weighted by molar-refractivity contribution is 6.21. The standard InChI is InChI=1S/C24H27N5O4/c1-24(2,3)19-10-6-7-11-20(19)33-15-16(30)14-29-26-21(25-27-29)12-13-28-22(31)17-8-4-5-9-18(17)23(28)32/h4-11,16,30H,12-15H2,1-3H3/t16-/m0/s1. The first-order chi connectivity index (χ1) is 15.7. The van der Waals surface area contributed by atoms with Crippen LogP contribution in [0, 0.1) is 0 Å². The summed E-state index contributed by atoms with van der Waals surface area (Å²) in [5.41, 5.74) is 1.81. The van der Waals surface area contributed by atoms with Crippen LogP contribution >= 0.6 is 0 Å². The maximum atomic E-state index is 12.5. The van der Waals surface area contributed by atoms with Gasteiger partial charge in [0.2, 0.25) is 0 Å². The van der Waals surface area contributed by atoms with Crippen molar-refractivity contribution in [3.8, 4) is 5.75 Å². The molecule has 0 saturated heterocycles. The normalized spacial score (nSPS) is 14.5. The number of benzene rings is 2. The van der Waals surface area contributed by atoms with Crippen molar-refractivity contribution < 1.29 is 19.4 Å². The average molecular weight is 450 g/mol. The van der Waals surface area contributed by atoms with Crippen molar-refractivity contribution in [1.82, 2.24) is 25.1 Å². The summed E-state index contributed by atoms with van der Waals surface area (Å²) in [5, 5.41) is 22.6. The molecule has 1 N–H and O–H groups in total. The Hall–Kier alpha value is -3.59. The number of carbonyl (C=O) groups excluding carboxylic acids is 2. The van der Waals surface area contributed by atoms with Gasteiger partial charge in [-0.2, -0.15) is 4.80 Å². The Morgan fingerprint density at radius 2 is 1.64 bits per heavy atom. The van der Waals surface area contributed by atoms with Gasteiger partial charge in [0, 0.05) is 13.0 Å². The number of hydrogen-bond acceptors (Lipinski definition) is 7. The summed E-state index contributed by atoms with van der Waals surface area (Å²) in [7, 11) is 0. The number of aliphatic hydroxyl groups is 1. The number of ether oxygens (including phenoxy) is 1. The van der Waals surface area contributed by atoms with Crippen molar-refractivity contribution in [2.75, 3.05) is 13.2 Å². The number of carbonyl (C=O) groups is 2. The zero-order valence-corrected chi connectivity index (χ0v) is 18.9. The largest absolute Gasteiger partial charge is 0.491 e. The van der Waals surface area contributed by atoms with Gasteiger partial charge in [0.05, 0.1) is 17.7 Å². The Kier molecular flexibility index (Phi) is 6.24. The molecule has 3 aromatic rings. The number of imide groups is 1. The van der Waals surface area contributed by atoms with Crippen LogP contribution in [-0.2, 0) is 18.4 Å². The van der Waals surface area contributed by atoms with Crippen molar-refractivity contribution in [2.45, 2.75) is 45.3 Å². The number of tetrazole rings is 1. The Bertz CT molecular complexity index is 1130. The van der Waals surface area contributed by atoms with Crippen molar-refractivity contribution >= 4 is 11.8 Å². The van der Waals surface area contributed by atoms with Crippen molar-refractivity contribution in [2.24, 2.45) is 0 Å². The monoisotopic (exact) mass is 449 g/mol. The van der Waals surface area contributed by atoms with E-state index in [0.717, 1.165) is 11.3 Å². The van der Waals surface area contributed by atoms with Crippen LogP contribution in [0.15, 0.2) is 48.5 Å². The van der Waals surface area contributed by atoms with Gasteiger partial charge in [0.15, 0.2) is 5.82 Å². The second-order valence-electron chi connectivity index (χ2n) is 9.03. The van der Waals surface area contributed by atoms with Crippen LogP contribution in [0.2, 0.25) is 0 Å². The predicted molar refractivity (Wildman–Crippen MR) is 120 cm³/mol. The van der Waals surface area contributed by atoms with Gasteiger partial charge in [0.25, 0.3) is 11.8 Å². The van der Waals surface area contributed by atoms with Gasteiger partial charge in [-0.05, 0) is 34.4 Å². The van der Waals surface area contributed by atoms with Crippen LogP contribution in [0.5, 0.6) is 5.75 Å². The number of rotatable bonds is 8. The van der Waals surface area contributed by atoms with Gasteiger partial charge in [-0.1, -0.05) is 51.1 Å². The molecule has 9 nitrogen and oxygen atoms in total. The third kappa shape index (κ3) is 4.93. The summed E-state index contributed by atoms with van der Waals surface area (Å²) in [4.78, 5) is 27.4. The van der Waals surface area contributed by atoms with Crippen molar-refractivity contribution in [3.63, 3.8) is 0 Å². The number of hydrogen-bond donors (Lipinski definition) is 1. The highest BCUT2D eigenvalue weighted by Crippen LogP contribution is 2.31. The van der Waals surface area contributed by atoms with E-state index in [9.17, 15) is 14.7 Å². The molecular formula is C24H27N5O4. The van der Waals surface area contributed by atoms with E-state index in [2.05, 4.69) is 36.2 Å². The summed E-state index contributed by atoms with van der Waals surface area (Å²) in [6, 6.07) is 14.5. The molecule has 33 heavy (non-hydrogen) atoms. The first-order valence-electron chi connectivity index (χ1n) is 10.9. The molecule has 0 fully saturated rings. The lowest BCUT2D eigenvalue weighted by molar-refractivity contribution is 0.0655. The molecule has 2 aromatic carbocycles. The molecule has 1 aliphatic heterocycles. The molecule has 0 saturated carbocycles. The summed E-state index contributed by atoms with van der Waals surface area (Å²) in [6.07, 6.45) is -0.562. The molecule has 0 aliphatic carbocycles. The Balaban J connectivity index is 1.30. The maximum absolute atomic E-state index is 12.5. The fraction of sp³-hybridized carbons (Fsp3) is 0.375. The molecule has 1 aliphatic rings. The van der Waals surface area contributed by atoms with Crippen LogP contribution in [0.1, 0.15) is 52.9 Å². The van der Waals surface area contributed by atoms with E-state index >= 15 is 0 Å². The molecule has 0 unspecified atom stereocenters. The van der Waals surface area contributed by atoms with E-state index in [1.165, 1.54) is 9.70 Å². The number of fused-ring (bicyclic) bond motifs is 1. The minimum Gasteiger partial charge on any atom is -0.491 e. The first kappa shape index (κ1) is 22.6. The van der Waals surface area contributed by atoms with Gasteiger partial charge in [0.1, 0.15) is 18.5 Å². The molecule has 2 heterocycles. The Morgan fingerprint density at radius 1 is 1.00 bits per heavy atom. The smallest absolute Gasteiger partial charge is 0.261 e. The molecule has 172 valence electrons. The lowest BCUT2D eigenvalue weighted by atomic mass is 9.86. The predicted octanol–water partition coefficient (Wildman–Crippen LogP) is 2.25. The third-order valence-corrected chi connectivity index (χ3v) is 5.43. The van der Waals surface area contributed by atoms with Crippen LogP contribution in [0.4, 0.5) is 0 Å². The van der Waals surface area contributed by atoms with Crippen molar-refractivity contribution in [1.29, 1.82) is 0 Å². The number of nitrogens with zero attached hydrogens (tertiary/aromatic N) is 5. The average Bonchev–Trinajstić information content (AvgIpc) is 3.33. The van der Waals surface area contributed by atoms with Gasteiger partial charge in [-0.3, -0.25) is 14.5 Å². The molecular weight excluding hydrogens is 422 g/mol. The minimum atomic E-state index is -0.837. The van der Waals surface area contributed by atoms with E-state index in [4.69, 9.17) is 4.74 Å². The molecule has 0 bridgehead atoms. The summed E-state index contributed by atoms with van der Waals surface area (Å²) < 4.78 is 5.85. The molecule has 0 radical (unpaired) electrons. The summed E-state index contributed by atoms with van der Waals surface area (Å²) in [6.45, 7) is 6.67. The Morgan fingerprint density at radius 3 is 2.30 bits per heavy atom. The molecule has 1 atom stereocenters. The quantitative estimate of drug-likeness (QED) is 0.525. The maximum Gasteiger partial charge on any atom is 0.261 e.